The van der Waals surface area contributed by atoms with Gasteiger partial charge in [0.25, 0.3) is 5.91 Å². The number of para-hydroxylation sites is 2. The molecule has 2 aromatic heterocycles. The first kappa shape index (κ1) is 27.1. The highest BCUT2D eigenvalue weighted by molar-refractivity contribution is 6.02. The van der Waals surface area contributed by atoms with Gasteiger partial charge in [-0.1, -0.05) is 42.5 Å². The summed E-state index contributed by atoms with van der Waals surface area (Å²) >= 11 is 0. The molecule has 0 saturated carbocycles. The van der Waals surface area contributed by atoms with Crippen LogP contribution in [-0.2, 0) is 4.79 Å². The predicted molar refractivity (Wildman–Crippen MR) is 163 cm³/mol. The van der Waals surface area contributed by atoms with Crippen LogP contribution >= 0.6 is 0 Å². The zero-order valence-corrected chi connectivity index (χ0v) is 23.8. The zero-order valence-electron chi connectivity index (χ0n) is 23.8. The normalized spacial score (nSPS) is 13.3. The van der Waals surface area contributed by atoms with Crippen LogP contribution in [0.25, 0.3) is 27.8 Å². The monoisotopic (exact) mass is 563 g/mol. The third kappa shape index (κ3) is 5.45. The molecule has 1 fully saturated rings. The van der Waals surface area contributed by atoms with Crippen LogP contribution in [0.3, 0.4) is 0 Å². The number of aromatic nitrogens is 3. The van der Waals surface area contributed by atoms with Crippen molar-refractivity contribution < 1.29 is 19.0 Å². The van der Waals surface area contributed by atoms with E-state index >= 15 is 0 Å². The zero-order chi connectivity index (χ0) is 28.9. The van der Waals surface area contributed by atoms with Crippen molar-refractivity contribution in [2.45, 2.75) is 6.92 Å². The molecule has 9 nitrogen and oxygen atoms in total. The van der Waals surface area contributed by atoms with E-state index in [1.54, 1.807) is 19.5 Å². The van der Waals surface area contributed by atoms with Crippen LogP contribution in [0.4, 0.5) is 5.82 Å². The van der Waals surface area contributed by atoms with Gasteiger partial charge in [0.15, 0.2) is 23.8 Å². The molecule has 0 spiro atoms. The van der Waals surface area contributed by atoms with Crippen LogP contribution in [0.5, 0.6) is 17.2 Å². The molecular weight excluding hydrogens is 530 g/mol. The summed E-state index contributed by atoms with van der Waals surface area (Å²) in [6, 6.07) is 25.7. The Kier molecular flexibility index (Phi) is 7.89. The van der Waals surface area contributed by atoms with E-state index in [4.69, 9.17) is 24.2 Å². The van der Waals surface area contributed by atoms with E-state index in [9.17, 15) is 4.79 Å². The summed E-state index contributed by atoms with van der Waals surface area (Å²) in [4.78, 5) is 26.6. The number of hydrogen-bond donors (Lipinski definition) is 0. The minimum atomic E-state index is -0.0555. The molecule has 9 heteroatoms. The number of amides is 1. The van der Waals surface area contributed by atoms with Crippen molar-refractivity contribution in [1.82, 2.24) is 19.4 Å². The fourth-order valence-electron chi connectivity index (χ4n) is 5.32. The Hall–Kier alpha value is -5.05. The molecule has 1 amide bonds. The van der Waals surface area contributed by atoms with Gasteiger partial charge in [0.2, 0.25) is 0 Å². The maximum atomic E-state index is 13.0. The summed E-state index contributed by atoms with van der Waals surface area (Å²) in [5.41, 5.74) is 3.96. The average Bonchev–Trinajstić information content (AvgIpc) is 3.45. The van der Waals surface area contributed by atoms with Crippen molar-refractivity contribution in [3.63, 3.8) is 0 Å². The van der Waals surface area contributed by atoms with E-state index < -0.39 is 0 Å². The second-order valence-electron chi connectivity index (χ2n) is 9.91. The molecule has 5 aromatic rings. The van der Waals surface area contributed by atoms with E-state index in [-0.39, 0.29) is 12.5 Å². The highest BCUT2D eigenvalue weighted by Crippen LogP contribution is 2.37. The number of fused-ring (bicyclic) bond motifs is 1. The van der Waals surface area contributed by atoms with Gasteiger partial charge in [0.1, 0.15) is 17.9 Å². The Labute approximate surface area is 244 Å². The van der Waals surface area contributed by atoms with E-state index in [0.29, 0.717) is 44.3 Å². The van der Waals surface area contributed by atoms with Crippen molar-refractivity contribution in [1.29, 1.82) is 0 Å². The number of rotatable bonds is 9. The molecule has 3 aromatic carbocycles. The van der Waals surface area contributed by atoms with Gasteiger partial charge in [-0.15, -0.1) is 0 Å². The Morgan fingerprint density at radius 2 is 1.55 bits per heavy atom. The Morgan fingerprint density at radius 1 is 0.833 bits per heavy atom. The molecule has 0 bridgehead atoms. The highest BCUT2D eigenvalue weighted by Gasteiger charge is 2.26. The standard InChI is InChI=1S/C33H33N5O4/c1-3-41-26-15-13-25(14-16-26)38-21-27(24-9-5-4-6-10-24)31-32(34-23-35-33(31)38)37-19-17-36(18-20-37)30(39)22-42-29-12-8-7-11-28(29)40-2/h4-16,21,23H,3,17-20,22H2,1-2H3. The minimum absolute atomic E-state index is 0.0405. The van der Waals surface area contributed by atoms with Crippen molar-refractivity contribution in [3.05, 3.63) is 91.4 Å². The Balaban J connectivity index is 1.25. The smallest absolute Gasteiger partial charge is 0.260 e. The molecule has 214 valence electrons. The van der Waals surface area contributed by atoms with E-state index in [0.717, 1.165) is 39.4 Å². The molecular formula is C33H33N5O4. The quantitative estimate of drug-likeness (QED) is 0.243. The van der Waals surface area contributed by atoms with Gasteiger partial charge in [0, 0.05) is 43.6 Å². The fourth-order valence-corrected chi connectivity index (χ4v) is 5.32. The number of benzene rings is 3. The molecule has 0 radical (unpaired) electrons. The summed E-state index contributed by atoms with van der Waals surface area (Å²) in [5.74, 6) is 2.80. The van der Waals surface area contributed by atoms with Crippen LogP contribution in [0, 0.1) is 0 Å². The number of anilines is 1. The van der Waals surface area contributed by atoms with Gasteiger partial charge in [-0.05, 0) is 48.9 Å². The van der Waals surface area contributed by atoms with Crippen LogP contribution < -0.4 is 19.1 Å². The van der Waals surface area contributed by atoms with Gasteiger partial charge in [-0.2, -0.15) is 0 Å². The fraction of sp³-hybridized carbons (Fsp3) is 0.242. The molecule has 1 saturated heterocycles. The van der Waals surface area contributed by atoms with E-state index in [1.807, 2.05) is 72.5 Å². The van der Waals surface area contributed by atoms with Gasteiger partial charge in [-0.3, -0.25) is 4.79 Å². The number of methoxy groups -OCH3 is 1. The third-order valence-corrected chi connectivity index (χ3v) is 7.43. The second kappa shape index (κ2) is 12.2. The number of nitrogens with zero attached hydrogens (tertiary/aromatic N) is 5. The van der Waals surface area contributed by atoms with Crippen LogP contribution in [-0.4, -0.2) is 71.8 Å². The van der Waals surface area contributed by atoms with Crippen molar-refractivity contribution in [3.8, 4) is 34.1 Å². The van der Waals surface area contributed by atoms with Crippen molar-refractivity contribution in [2.24, 2.45) is 0 Å². The first-order valence-corrected chi connectivity index (χ1v) is 14.1. The molecule has 0 N–H and O–H groups in total. The van der Waals surface area contributed by atoms with Gasteiger partial charge >= 0.3 is 0 Å². The largest absolute Gasteiger partial charge is 0.494 e. The van der Waals surface area contributed by atoms with Crippen LogP contribution in [0.1, 0.15) is 6.92 Å². The molecule has 1 aliphatic rings. The Morgan fingerprint density at radius 3 is 2.26 bits per heavy atom. The minimum Gasteiger partial charge on any atom is -0.494 e. The molecule has 1 aliphatic heterocycles. The Bertz CT molecular complexity index is 1660. The van der Waals surface area contributed by atoms with Crippen molar-refractivity contribution >= 4 is 22.8 Å². The topological polar surface area (TPSA) is 82.0 Å². The van der Waals surface area contributed by atoms with E-state index in [2.05, 4.69) is 27.8 Å². The number of piperazine rings is 1. The lowest BCUT2D eigenvalue weighted by molar-refractivity contribution is -0.133. The lowest BCUT2D eigenvalue weighted by atomic mass is 10.1. The lowest BCUT2D eigenvalue weighted by Gasteiger charge is -2.35. The number of hydrogen-bond acceptors (Lipinski definition) is 7. The van der Waals surface area contributed by atoms with Gasteiger partial charge in [-0.25, -0.2) is 9.97 Å². The van der Waals surface area contributed by atoms with Crippen LogP contribution in [0.2, 0.25) is 0 Å². The first-order chi connectivity index (χ1) is 20.7. The predicted octanol–water partition coefficient (Wildman–Crippen LogP) is 5.22. The summed E-state index contributed by atoms with van der Waals surface area (Å²) < 4.78 is 18.9. The lowest BCUT2D eigenvalue weighted by Crippen LogP contribution is -2.50. The summed E-state index contributed by atoms with van der Waals surface area (Å²) in [6.07, 6.45) is 3.75. The number of carbonyl (C=O) groups is 1. The van der Waals surface area contributed by atoms with Gasteiger partial charge in [0.05, 0.1) is 19.1 Å². The molecule has 42 heavy (non-hydrogen) atoms. The average molecular weight is 564 g/mol. The number of carbonyl (C=O) groups excluding carboxylic acids is 1. The van der Waals surface area contributed by atoms with Crippen molar-refractivity contribution in [2.75, 3.05) is 51.4 Å². The number of ether oxygens (including phenoxy) is 3. The second-order valence-corrected chi connectivity index (χ2v) is 9.91. The molecule has 6 rings (SSSR count). The first-order valence-electron chi connectivity index (χ1n) is 14.1. The highest BCUT2D eigenvalue weighted by atomic mass is 16.5. The molecule has 0 atom stereocenters. The van der Waals surface area contributed by atoms with Gasteiger partial charge < -0.3 is 28.6 Å². The molecule has 3 heterocycles. The molecule has 0 aliphatic carbocycles. The SMILES string of the molecule is CCOc1ccc(-n2cc(-c3ccccc3)c3c(N4CCN(C(=O)COc5ccccc5OC)CC4)ncnc32)cc1. The molecule has 0 unspecified atom stereocenters. The van der Waals surface area contributed by atoms with E-state index in [1.165, 1.54) is 0 Å². The summed E-state index contributed by atoms with van der Waals surface area (Å²) in [6.45, 7) is 4.99. The van der Waals surface area contributed by atoms with Crippen LogP contribution in [0.15, 0.2) is 91.4 Å². The third-order valence-electron chi connectivity index (χ3n) is 7.43. The maximum Gasteiger partial charge on any atom is 0.260 e. The summed E-state index contributed by atoms with van der Waals surface area (Å²) in [7, 11) is 1.59. The maximum absolute atomic E-state index is 13.0. The summed E-state index contributed by atoms with van der Waals surface area (Å²) in [5, 5.41) is 0.983.